The van der Waals surface area contributed by atoms with Gasteiger partial charge in [0.15, 0.2) is 11.5 Å². The first kappa shape index (κ1) is 9.12. The van der Waals surface area contributed by atoms with E-state index in [1.807, 2.05) is 12.1 Å². The maximum Gasteiger partial charge on any atom is 0.156 e. The van der Waals surface area contributed by atoms with Crippen LogP contribution in [0.5, 0.6) is 0 Å². The number of rotatable bonds is 1. The third kappa shape index (κ3) is 1.60. The molecular weight excluding hydrogens is 212 g/mol. The van der Waals surface area contributed by atoms with Gasteiger partial charge < -0.3 is 5.32 Å². The summed E-state index contributed by atoms with van der Waals surface area (Å²) in [5.74, 6) is 1.37. The summed E-state index contributed by atoms with van der Waals surface area (Å²) in [6.07, 6.45) is 2.90. The third-order valence-electron chi connectivity index (χ3n) is 2.74. The predicted molar refractivity (Wildman–Crippen MR) is 58.2 cm³/mol. The van der Waals surface area contributed by atoms with Gasteiger partial charge in [0.1, 0.15) is 0 Å². The van der Waals surface area contributed by atoms with Crippen LogP contribution in [-0.4, -0.2) is 27.7 Å². The molecule has 1 atom stereocenters. The fourth-order valence-corrected chi connectivity index (χ4v) is 2.08. The summed E-state index contributed by atoms with van der Waals surface area (Å²) in [5.41, 5.74) is 0.862. The van der Waals surface area contributed by atoms with Crippen LogP contribution in [0, 0.1) is 0 Å². The number of hydrogen-bond donors (Lipinski definition) is 1. The van der Waals surface area contributed by atoms with Gasteiger partial charge in [-0.25, -0.2) is 9.50 Å². The molecule has 1 fully saturated rings. The van der Waals surface area contributed by atoms with Gasteiger partial charge in [0.05, 0.1) is 5.02 Å². The van der Waals surface area contributed by atoms with Crippen molar-refractivity contribution in [1.82, 2.24) is 19.9 Å². The van der Waals surface area contributed by atoms with Crippen LogP contribution in [-0.2, 0) is 0 Å². The van der Waals surface area contributed by atoms with Crippen molar-refractivity contribution in [3.8, 4) is 0 Å². The Bertz CT molecular complexity index is 487. The van der Waals surface area contributed by atoms with E-state index in [9.17, 15) is 0 Å². The summed E-state index contributed by atoms with van der Waals surface area (Å²) in [5, 5.41) is 8.43. The van der Waals surface area contributed by atoms with Gasteiger partial charge >= 0.3 is 0 Å². The molecule has 0 saturated carbocycles. The van der Waals surface area contributed by atoms with Crippen LogP contribution in [0.2, 0.25) is 5.02 Å². The minimum Gasteiger partial charge on any atom is -0.316 e. The summed E-state index contributed by atoms with van der Waals surface area (Å²) < 4.78 is 1.75. The van der Waals surface area contributed by atoms with E-state index in [0.717, 1.165) is 31.0 Å². The highest BCUT2D eigenvalue weighted by molar-refractivity contribution is 6.30. The van der Waals surface area contributed by atoms with Crippen molar-refractivity contribution < 1.29 is 0 Å². The van der Waals surface area contributed by atoms with E-state index in [2.05, 4.69) is 15.4 Å². The Kier molecular flexibility index (Phi) is 2.11. The lowest BCUT2D eigenvalue weighted by molar-refractivity contribution is 0.698. The maximum absolute atomic E-state index is 5.89. The van der Waals surface area contributed by atoms with Crippen molar-refractivity contribution in [1.29, 1.82) is 0 Å². The van der Waals surface area contributed by atoms with Gasteiger partial charge in [-0.05, 0) is 25.1 Å². The minimum atomic E-state index is 0.448. The smallest absolute Gasteiger partial charge is 0.156 e. The van der Waals surface area contributed by atoms with Gasteiger partial charge in [0.2, 0.25) is 0 Å². The first-order valence-electron chi connectivity index (χ1n) is 5.05. The lowest BCUT2D eigenvalue weighted by atomic mass is 10.1. The highest BCUT2D eigenvalue weighted by Crippen LogP contribution is 2.20. The van der Waals surface area contributed by atoms with Crippen LogP contribution in [0.3, 0.4) is 0 Å². The van der Waals surface area contributed by atoms with E-state index in [-0.39, 0.29) is 0 Å². The van der Waals surface area contributed by atoms with Gasteiger partial charge in [-0.15, -0.1) is 0 Å². The van der Waals surface area contributed by atoms with Crippen LogP contribution < -0.4 is 5.32 Å². The number of fused-ring (bicyclic) bond motifs is 1. The molecule has 0 aromatic carbocycles. The normalized spacial score (nSPS) is 21.3. The molecule has 15 heavy (non-hydrogen) atoms. The summed E-state index contributed by atoms with van der Waals surface area (Å²) in [7, 11) is 0. The molecule has 3 heterocycles. The van der Waals surface area contributed by atoms with Crippen LogP contribution in [0.1, 0.15) is 18.2 Å². The summed E-state index contributed by atoms with van der Waals surface area (Å²) >= 11 is 5.89. The second kappa shape index (κ2) is 3.47. The standard InChI is InChI=1S/C10H11ClN4/c11-8-1-2-9-13-10(14-15(9)6-8)7-3-4-12-5-7/h1-2,6-7,12H,3-5H2. The molecule has 5 heteroatoms. The molecule has 1 N–H and O–H groups in total. The van der Waals surface area contributed by atoms with E-state index in [1.165, 1.54) is 0 Å². The highest BCUT2D eigenvalue weighted by atomic mass is 35.5. The number of nitrogens with zero attached hydrogens (tertiary/aromatic N) is 3. The molecule has 0 radical (unpaired) electrons. The average Bonchev–Trinajstić information content (AvgIpc) is 2.84. The molecule has 4 nitrogen and oxygen atoms in total. The molecule has 2 aromatic rings. The Hall–Kier alpha value is -1.13. The quantitative estimate of drug-likeness (QED) is 0.795. The topological polar surface area (TPSA) is 42.2 Å². The van der Waals surface area contributed by atoms with E-state index in [1.54, 1.807) is 10.7 Å². The van der Waals surface area contributed by atoms with Crippen LogP contribution in [0.4, 0.5) is 0 Å². The Morgan fingerprint density at radius 2 is 2.40 bits per heavy atom. The molecule has 1 unspecified atom stereocenters. The maximum atomic E-state index is 5.89. The highest BCUT2D eigenvalue weighted by Gasteiger charge is 2.20. The summed E-state index contributed by atoms with van der Waals surface area (Å²) in [6.45, 7) is 2.03. The lowest BCUT2D eigenvalue weighted by Gasteiger charge is -1.99. The fraction of sp³-hybridized carbons (Fsp3) is 0.400. The Labute approximate surface area is 92.3 Å². The summed E-state index contributed by atoms with van der Waals surface area (Å²) in [4.78, 5) is 4.49. The van der Waals surface area contributed by atoms with Gasteiger partial charge in [-0.3, -0.25) is 0 Å². The Morgan fingerprint density at radius 3 is 3.20 bits per heavy atom. The molecule has 0 bridgehead atoms. The summed E-state index contributed by atoms with van der Waals surface area (Å²) in [6, 6.07) is 3.73. The number of hydrogen-bond acceptors (Lipinski definition) is 3. The average molecular weight is 223 g/mol. The van der Waals surface area contributed by atoms with Crippen molar-refractivity contribution in [2.24, 2.45) is 0 Å². The molecule has 2 aromatic heterocycles. The molecule has 0 spiro atoms. The van der Waals surface area contributed by atoms with E-state index >= 15 is 0 Å². The predicted octanol–water partition coefficient (Wildman–Crippen LogP) is 1.46. The second-order valence-electron chi connectivity index (χ2n) is 3.81. The molecule has 1 saturated heterocycles. The number of nitrogens with one attached hydrogen (secondary N) is 1. The molecule has 1 aliphatic rings. The Balaban J connectivity index is 2.05. The van der Waals surface area contributed by atoms with Gasteiger partial charge in [0, 0.05) is 18.7 Å². The van der Waals surface area contributed by atoms with Gasteiger partial charge in [-0.1, -0.05) is 11.6 Å². The zero-order valence-electron chi connectivity index (χ0n) is 8.15. The second-order valence-corrected chi connectivity index (χ2v) is 4.25. The van der Waals surface area contributed by atoms with E-state index < -0.39 is 0 Å². The molecule has 78 valence electrons. The molecule has 0 amide bonds. The first-order valence-corrected chi connectivity index (χ1v) is 5.43. The first-order chi connectivity index (χ1) is 7.33. The van der Waals surface area contributed by atoms with Crippen molar-refractivity contribution in [2.75, 3.05) is 13.1 Å². The zero-order chi connectivity index (χ0) is 10.3. The number of halogens is 1. The molecule has 1 aliphatic heterocycles. The molecule has 3 rings (SSSR count). The van der Waals surface area contributed by atoms with Gasteiger partial charge in [0.25, 0.3) is 0 Å². The van der Waals surface area contributed by atoms with Crippen LogP contribution in [0.25, 0.3) is 5.65 Å². The van der Waals surface area contributed by atoms with Crippen LogP contribution in [0.15, 0.2) is 18.3 Å². The largest absolute Gasteiger partial charge is 0.316 e. The van der Waals surface area contributed by atoms with Crippen LogP contribution >= 0.6 is 11.6 Å². The van der Waals surface area contributed by atoms with E-state index in [0.29, 0.717) is 10.9 Å². The lowest BCUT2D eigenvalue weighted by Crippen LogP contribution is -2.08. The van der Waals surface area contributed by atoms with E-state index in [4.69, 9.17) is 11.6 Å². The number of pyridine rings is 1. The SMILES string of the molecule is Clc1ccc2nc(C3CCNC3)nn2c1. The fourth-order valence-electron chi connectivity index (χ4n) is 1.92. The Morgan fingerprint density at radius 1 is 1.47 bits per heavy atom. The zero-order valence-corrected chi connectivity index (χ0v) is 8.91. The molecular formula is C10H11ClN4. The monoisotopic (exact) mass is 222 g/mol. The number of aromatic nitrogens is 3. The van der Waals surface area contributed by atoms with Crippen molar-refractivity contribution in [2.45, 2.75) is 12.3 Å². The van der Waals surface area contributed by atoms with Gasteiger partial charge in [-0.2, -0.15) is 5.10 Å². The van der Waals surface area contributed by atoms with Crippen molar-refractivity contribution >= 4 is 17.2 Å². The van der Waals surface area contributed by atoms with Crippen molar-refractivity contribution in [3.63, 3.8) is 0 Å². The third-order valence-corrected chi connectivity index (χ3v) is 2.96. The van der Waals surface area contributed by atoms with Crippen molar-refractivity contribution in [3.05, 3.63) is 29.2 Å². The minimum absolute atomic E-state index is 0.448. The molecule has 0 aliphatic carbocycles.